The highest BCUT2D eigenvalue weighted by Gasteiger charge is 2.06. The highest BCUT2D eigenvalue weighted by atomic mass is 32.2. The molecule has 2 rings (SSSR count). The summed E-state index contributed by atoms with van der Waals surface area (Å²) in [4.78, 5) is 24.6. The topological polar surface area (TPSA) is 58.2 Å². The quantitative estimate of drug-likeness (QED) is 0.540. The number of carbonyl (C=O) groups excluding carboxylic acids is 2. The Kier molecular flexibility index (Phi) is 7.69. The predicted octanol–water partition coefficient (Wildman–Crippen LogP) is 3.17. The van der Waals surface area contributed by atoms with Gasteiger partial charge in [-0.1, -0.05) is 18.2 Å². The maximum Gasteiger partial charge on any atom is 0.252 e. The Morgan fingerprint density at radius 2 is 1.87 bits per heavy atom. The van der Waals surface area contributed by atoms with Crippen LogP contribution in [0.2, 0.25) is 0 Å². The van der Waals surface area contributed by atoms with Crippen LogP contribution >= 0.6 is 23.1 Å². The van der Waals surface area contributed by atoms with E-state index in [4.69, 9.17) is 0 Å². The molecule has 2 aromatic rings. The van der Waals surface area contributed by atoms with Gasteiger partial charge < -0.3 is 10.6 Å². The van der Waals surface area contributed by atoms with Crippen molar-refractivity contribution < 1.29 is 9.59 Å². The number of nitrogens with one attached hydrogen (secondary N) is 2. The SMILES string of the molecule is O=C(CCNC(=O)c1ccsc1)NCCCSc1ccccc1. The van der Waals surface area contributed by atoms with E-state index >= 15 is 0 Å². The molecule has 0 radical (unpaired) electrons. The zero-order chi connectivity index (χ0) is 16.3. The second kappa shape index (κ2) is 10.1. The van der Waals surface area contributed by atoms with Crippen LogP contribution < -0.4 is 10.6 Å². The molecule has 6 heteroatoms. The number of hydrogen-bond donors (Lipinski definition) is 2. The van der Waals surface area contributed by atoms with E-state index in [0.717, 1.165) is 12.2 Å². The van der Waals surface area contributed by atoms with Gasteiger partial charge in [-0.2, -0.15) is 11.3 Å². The van der Waals surface area contributed by atoms with Crippen molar-refractivity contribution in [1.82, 2.24) is 10.6 Å². The van der Waals surface area contributed by atoms with Crippen LogP contribution in [0.5, 0.6) is 0 Å². The average Bonchev–Trinajstić information content (AvgIpc) is 3.10. The van der Waals surface area contributed by atoms with Gasteiger partial charge in [-0.05, 0) is 35.8 Å². The smallest absolute Gasteiger partial charge is 0.252 e. The molecule has 1 aromatic carbocycles. The third kappa shape index (κ3) is 6.88. The molecular formula is C17H20N2O2S2. The summed E-state index contributed by atoms with van der Waals surface area (Å²) in [5.74, 6) is 0.817. The summed E-state index contributed by atoms with van der Waals surface area (Å²) in [6, 6.07) is 12.0. The minimum atomic E-state index is -0.127. The summed E-state index contributed by atoms with van der Waals surface area (Å²) in [6.45, 7) is 1.02. The van der Waals surface area contributed by atoms with E-state index in [-0.39, 0.29) is 11.8 Å². The molecule has 23 heavy (non-hydrogen) atoms. The van der Waals surface area contributed by atoms with E-state index in [2.05, 4.69) is 22.8 Å². The molecule has 0 aliphatic rings. The van der Waals surface area contributed by atoms with Crippen LogP contribution in [0.15, 0.2) is 52.1 Å². The molecular weight excluding hydrogens is 328 g/mol. The molecule has 1 aromatic heterocycles. The van der Waals surface area contributed by atoms with Gasteiger partial charge in [0.05, 0.1) is 0 Å². The second-order valence-corrected chi connectivity index (χ2v) is 6.83. The summed E-state index contributed by atoms with van der Waals surface area (Å²) in [5, 5.41) is 9.27. The average molecular weight is 348 g/mol. The molecule has 2 amide bonds. The second-order valence-electron chi connectivity index (χ2n) is 4.88. The van der Waals surface area contributed by atoms with E-state index in [9.17, 15) is 9.59 Å². The Labute approximate surface area is 144 Å². The molecule has 0 fully saturated rings. The Morgan fingerprint density at radius 1 is 1.04 bits per heavy atom. The summed E-state index contributed by atoms with van der Waals surface area (Å²) in [7, 11) is 0. The van der Waals surface area contributed by atoms with Crippen LogP contribution in [-0.4, -0.2) is 30.7 Å². The van der Waals surface area contributed by atoms with E-state index in [1.165, 1.54) is 16.2 Å². The van der Waals surface area contributed by atoms with Crippen molar-refractivity contribution in [2.75, 3.05) is 18.8 Å². The molecule has 0 aliphatic heterocycles. The number of hydrogen-bond acceptors (Lipinski definition) is 4. The lowest BCUT2D eigenvalue weighted by atomic mass is 10.3. The lowest BCUT2D eigenvalue weighted by Crippen LogP contribution is -2.31. The number of thioether (sulfide) groups is 1. The molecule has 0 unspecified atom stereocenters. The maximum absolute atomic E-state index is 11.7. The first-order valence-corrected chi connectivity index (χ1v) is 9.43. The first-order valence-electron chi connectivity index (χ1n) is 7.50. The van der Waals surface area contributed by atoms with Crippen LogP contribution in [-0.2, 0) is 4.79 Å². The monoisotopic (exact) mass is 348 g/mol. The lowest BCUT2D eigenvalue weighted by molar-refractivity contribution is -0.120. The fourth-order valence-electron chi connectivity index (χ4n) is 1.88. The van der Waals surface area contributed by atoms with Crippen LogP contribution in [0.3, 0.4) is 0 Å². The molecule has 4 nitrogen and oxygen atoms in total. The molecule has 2 N–H and O–H groups in total. The molecule has 1 heterocycles. The summed E-state index contributed by atoms with van der Waals surface area (Å²) in [6.07, 6.45) is 1.23. The molecule has 0 bridgehead atoms. The van der Waals surface area contributed by atoms with Gasteiger partial charge in [0, 0.05) is 35.3 Å². The van der Waals surface area contributed by atoms with Gasteiger partial charge in [-0.25, -0.2) is 0 Å². The first kappa shape index (κ1) is 17.6. The zero-order valence-corrected chi connectivity index (χ0v) is 14.4. The number of rotatable bonds is 9. The van der Waals surface area contributed by atoms with Crippen LogP contribution in [0.25, 0.3) is 0 Å². The minimum Gasteiger partial charge on any atom is -0.356 e. The Hall–Kier alpha value is -1.79. The van der Waals surface area contributed by atoms with Gasteiger partial charge >= 0.3 is 0 Å². The zero-order valence-electron chi connectivity index (χ0n) is 12.8. The highest BCUT2D eigenvalue weighted by Crippen LogP contribution is 2.17. The van der Waals surface area contributed by atoms with Crippen molar-refractivity contribution in [2.24, 2.45) is 0 Å². The normalized spacial score (nSPS) is 10.3. The van der Waals surface area contributed by atoms with Gasteiger partial charge in [0.25, 0.3) is 5.91 Å². The van der Waals surface area contributed by atoms with Crippen molar-refractivity contribution in [1.29, 1.82) is 0 Å². The number of thiophene rings is 1. The Balaban J connectivity index is 1.49. The van der Waals surface area contributed by atoms with Gasteiger partial charge in [-0.3, -0.25) is 9.59 Å². The maximum atomic E-state index is 11.7. The largest absolute Gasteiger partial charge is 0.356 e. The molecule has 122 valence electrons. The van der Waals surface area contributed by atoms with E-state index < -0.39 is 0 Å². The Bertz CT molecular complexity index is 600. The van der Waals surface area contributed by atoms with Gasteiger partial charge in [0.15, 0.2) is 0 Å². The summed E-state index contributed by atoms with van der Waals surface area (Å²) in [5.41, 5.74) is 0.647. The van der Waals surface area contributed by atoms with Crippen LogP contribution in [0.1, 0.15) is 23.2 Å². The summed E-state index contributed by atoms with van der Waals surface area (Å²) >= 11 is 3.26. The van der Waals surface area contributed by atoms with Gasteiger partial charge in [0.1, 0.15) is 0 Å². The molecule has 0 saturated carbocycles. The standard InChI is InChI=1S/C17H20N2O2S2/c20-16(7-10-19-17(21)14-8-12-22-13-14)18-9-4-11-23-15-5-2-1-3-6-15/h1-3,5-6,8,12-13H,4,7,9-11H2,(H,18,20)(H,19,21). The third-order valence-corrected chi connectivity index (χ3v) is 4.86. The molecule has 0 spiro atoms. The lowest BCUT2D eigenvalue weighted by Gasteiger charge is -2.06. The fourth-order valence-corrected chi connectivity index (χ4v) is 3.39. The third-order valence-electron chi connectivity index (χ3n) is 3.08. The van der Waals surface area contributed by atoms with Crippen molar-refractivity contribution in [2.45, 2.75) is 17.7 Å². The van der Waals surface area contributed by atoms with Crippen molar-refractivity contribution in [3.05, 3.63) is 52.7 Å². The fraction of sp³-hybridized carbons (Fsp3) is 0.294. The predicted molar refractivity (Wildman–Crippen MR) is 96.1 cm³/mol. The van der Waals surface area contributed by atoms with E-state index in [0.29, 0.717) is 25.1 Å². The number of carbonyl (C=O) groups is 2. The van der Waals surface area contributed by atoms with Gasteiger partial charge in [0.2, 0.25) is 5.91 Å². The van der Waals surface area contributed by atoms with E-state index in [1.54, 1.807) is 23.2 Å². The van der Waals surface area contributed by atoms with E-state index in [1.807, 2.05) is 23.6 Å². The van der Waals surface area contributed by atoms with Crippen molar-refractivity contribution in [3.8, 4) is 0 Å². The highest BCUT2D eigenvalue weighted by molar-refractivity contribution is 7.99. The van der Waals surface area contributed by atoms with Crippen LogP contribution in [0, 0.1) is 0 Å². The Morgan fingerprint density at radius 3 is 2.61 bits per heavy atom. The minimum absolute atomic E-state index is 0.0275. The first-order chi connectivity index (χ1) is 11.3. The number of amides is 2. The molecule has 0 atom stereocenters. The molecule has 0 aliphatic carbocycles. The summed E-state index contributed by atoms with van der Waals surface area (Å²) < 4.78 is 0. The van der Waals surface area contributed by atoms with Gasteiger partial charge in [-0.15, -0.1) is 11.8 Å². The van der Waals surface area contributed by atoms with Crippen molar-refractivity contribution in [3.63, 3.8) is 0 Å². The van der Waals surface area contributed by atoms with Crippen LogP contribution in [0.4, 0.5) is 0 Å². The number of benzene rings is 1. The molecule has 0 saturated heterocycles. The van der Waals surface area contributed by atoms with Crippen molar-refractivity contribution >= 4 is 34.9 Å².